The van der Waals surface area contributed by atoms with Gasteiger partial charge in [0.2, 0.25) is 0 Å². The van der Waals surface area contributed by atoms with Crippen molar-refractivity contribution in [3.8, 4) is 44.5 Å². The Morgan fingerprint density at radius 1 is 0.155 bits per heavy atom. The molecule has 0 aliphatic heterocycles. The van der Waals surface area contributed by atoms with Crippen LogP contribution < -0.4 is 0 Å². The van der Waals surface area contributed by atoms with E-state index in [9.17, 15) is 0 Å². The fraction of sp³-hybridized carbons (Fsp3) is 0. The van der Waals surface area contributed by atoms with E-state index in [0.717, 1.165) is 0 Å². The van der Waals surface area contributed by atoms with E-state index >= 15 is 0 Å². The van der Waals surface area contributed by atoms with Crippen LogP contribution in [0.3, 0.4) is 0 Å². The van der Waals surface area contributed by atoms with E-state index in [1.54, 1.807) is 0 Å². The number of fused-ring (bicyclic) bond motifs is 13. The first kappa shape index (κ1) is 32.7. The molecule has 0 bridgehead atoms. The van der Waals surface area contributed by atoms with Crippen LogP contribution in [-0.4, -0.2) is 0 Å². The summed E-state index contributed by atoms with van der Waals surface area (Å²) in [7, 11) is 0. The van der Waals surface area contributed by atoms with Crippen molar-refractivity contribution in [1.29, 1.82) is 0 Å². The van der Waals surface area contributed by atoms with E-state index in [0.29, 0.717) is 0 Å². The number of hydrogen-bond donors (Lipinski definition) is 0. The monoisotopic (exact) mass is 732 g/mol. The molecular formula is C58H36. The Bertz CT molecular complexity index is 3350. The Morgan fingerprint density at radius 3 is 0.793 bits per heavy atom. The van der Waals surface area contributed by atoms with Gasteiger partial charge in [-0.15, -0.1) is 0 Å². The van der Waals surface area contributed by atoms with E-state index in [-0.39, 0.29) is 0 Å². The third-order valence-electron chi connectivity index (χ3n) is 12.4. The minimum atomic E-state index is 1.23. The second-order valence-corrected chi connectivity index (χ2v) is 15.5. The van der Waals surface area contributed by atoms with Crippen molar-refractivity contribution in [1.82, 2.24) is 0 Å². The van der Waals surface area contributed by atoms with Crippen LogP contribution >= 0.6 is 0 Å². The molecule has 268 valence electrons. The number of benzene rings is 12. The molecule has 0 amide bonds. The van der Waals surface area contributed by atoms with Crippen LogP contribution in [0, 0.1) is 0 Å². The van der Waals surface area contributed by atoms with Gasteiger partial charge in [-0.1, -0.05) is 206 Å². The summed E-state index contributed by atoms with van der Waals surface area (Å²) in [5.41, 5.74) is 9.96. The third kappa shape index (κ3) is 4.95. The average molecular weight is 733 g/mol. The molecule has 0 heterocycles. The Balaban J connectivity index is 1.11. The Kier molecular flexibility index (Phi) is 7.33. The fourth-order valence-electron chi connectivity index (χ4n) is 9.85. The molecule has 0 saturated carbocycles. The summed E-state index contributed by atoms with van der Waals surface area (Å²) in [6.45, 7) is 0. The zero-order valence-electron chi connectivity index (χ0n) is 31.8. The summed E-state index contributed by atoms with van der Waals surface area (Å²) in [5, 5.41) is 18.0. The van der Waals surface area contributed by atoms with Gasteiger partial charge in [-0.25, -0.2) is 0 Å². The summed E-state index contributed by atoms with van der Waals surface area (Å²) in [6, 6.07) is 80.7. The van der Waals surface area contributed by atoms with E-state index in [1.807, 2.05) is 0 Å². The van der Waals surface area contributed by atoms with Crippen molar-refractivity contribution < 1.29 is 0 Å². The zero-order chi connectivity index (χ0) is 38.2. The van der Waals surface area contributed by atoms with Gasteiger partial charge in [0.25, 0.3) is 0 Å². The van der Waals surface area contributed by atoms with Crippen molar-refractivity contribution in [2.24, 2.45) is 0 Å². The molecule has 58 heavy (non-hydrogen) atoms. The average Bonchev–Trinajstić information content (AvgIpc) is 3.31. The summed E-state index contributed by atoms with van der Waals surface area (Å²) < 4.78 is 0. The summed E-state index contributed by atoms with van der Waals surface area (Å²) >= 11 is 0. The molecule has 0 spiro atoms. The molecule has 0 aromatic heterocycles. The van der Waals surface area contributed by atoms with Gasteiger partial charge in [0.15, 0.2) is 0 Å². The second kappa shape index (κ2) is 13.0. The van der Waals surface area contributed by atoms with Crippen molar-refractivity contribution in [3.05, 3.63) is 218 Å². The molecule has 0 atom stereocenters. The minimum Gasteiger partial charge on any atom is -0.0622 e. The normalized spacial score (nSPS) is 11.8. The second-order valence-electron chi connectivity index (χ2n) is 15.5. The molecule has 12 rings (SSSR count). The molecule has 12 aromatic rings. The predicted octanol–water partition coefficient (Wildman–Crippen LogP) is 16.4. The molecule has 0 radical (unpaired) electrons. The third-order valence-corrected chi connectivity index (χ3v) is 12.4. The number of rotatable bonds is 4. The van der Waals surface area contributed by atoms with Crippen LogP contribution in [0.1, 0.15) is 0 Å². The minimum absolute atomic E-state index is 1.23. The molecule has 0 aliphatic rings. The SMILES string of the molecule is c1ccc(-c2ccc(-c3ccc4c(c3)c3ccccc3c3c5ccc(-c6ccc(-c7ccccc7)c7ccccc67)cc5c5ccccc5c43)c3ccccc23)cc1. The molecule has 0 saturated heterocycles. The smallest absolute Gasteiger partial charge is 0.00139 e. The highest BCUT2D eigenvalue weighted by molar-refractivity contribution is 6.40. The highest BCUT2D eigenvalue weighted by Gasteiger charge is 2.19. The van der Waals surface area contributed by atoms with Gasteiger partial charge in [0, 0.05) is 0 Å². The molecule has 0 heteroatoms. The largest absolute Gasteiger partial charge is 0.0622 e. The Morgan fingerprint density at radius 2 is 0.431 bits per heavy atom. The quantitative estimate of drug-likeness (QED) is 0.158. The lowest BCUT2D eigenvalue weighted by Crippen LogP contribution is -1.91. The van der Waals surface area contributed by atoms with Gasteiger partial charge in [-0.2, -0.15) is 0 Å². The van der Waals surface area contributed by atoms with E-state index < -0.39 is 0 Å². The van der Waals surface area contributed by atoms with Crippen molar-refractivity contribution >= 4 is 75.4 Å². The van der Waals surface area contributed by atoms with Gasteiger partial charge < -0.3 is 0 Å². The summed E-state index contributed by atoms with van der Waals surface area (Å²) in [4.78, 5) is 0. The van der Waals surface area contributed by atoms with Gasteiger partial charge in [0.05, 0.1) is 0 Å². The standard InChI is InChI=1S/C58H36/c1-3-15-37(16-4-1)41-31-33-43(47-21-9-7-19-45(41)47)39-27-29-53-55(35-39)49-23-11-13-25-51(49)58-54-30-28-40(36-56(54)50-24-12-14-26-52(50)57(53)58)44-34-32-42(38-17-5-2-6-18-38)46-20-8-10-22-48(44)46/h1-36H. The topological polar surface area (TPSA) is 0 Å². The van der Waals surface area contributed by atoms with Crippen LogP contribution in [0.4, 0.5) is 0 Å². The van der Waals surface area contributed by atoms with Gasteiger partial charge in [-0.3, -0.25) is 0 Å². The summed E-state index contributed by atoms with van der Waals surface area (Å²) in [5.74, 6) is 0. The highest BCUT2D eigenvalue weighted by Crippen LogP contribution is 2.47. The van der Waals surface area contributed by atoms with E-state index in [2.05, 4.69) is 218 Å². The maximum atomic E-state index is 2.44. The Labute approximate surface area is 336 Å². The van der Waals surface area contributed by atoms with Crippen LogP contribution in [0.15, 0.2) is 218 Å². The summed E-state index contributed by atoms with van der Waals surface area (Å²) in [6.07, 6.45) is 0. The number of hydrogen-bond acceptors (Lipinski definition) is 0. The Hall–Kier alpha value is -7.54. The van der Waals surface area contributed by atoms with E-state index in [1.165, 1.54) is 120 Å². The van der Waals surface area contributed by atoms with Crippen molar-refractivity contribution in [3.63, 3.8) is 0 Å². The lowest BCUT2D eigenvalue weighted by Gasteiger charge is -2.18. The lowest BCUT2D eigenvalue weighted by atomic mass is 9.84. The van der Waals surface area contributed by atoms with Crippen molar-refractivity contribution in [2.75, 3.05) is 0 Å². The molecular weight excluding hydrogens is 697 g/mol. The molecule has 0 nitrogen and oxygen atoms in total. The maximum absolute atomic E-state index is 2.44. The maximum Gasteiger partial charge on any atom is -0.00139 e. The molecule has 12 aromatic carbocycles. The lowest BCUT2D eigenvalue weighted by molar-refractivity contribution is 1.64. The molecule has 0 N–H and O–H groups in total. The van der Waals surface area contributed by atoms with E-state index in [4.69, 9.17) is 0 Å². The first-order chi connectivity index (χ1) is 28.8. The van der Waals surface area contributed by atoms with Crippen LogP contribution in [0.5, 0.6) is 0 Å². The molecule has 0 aliphatic carbocycles. The zero-order valence-corrected chi connectivity index (χ0v) is 31.8. The van der Waals surface area contributed by atoms with Gasteiger partial charge in [0.1, 0.15) is 0 Å². The van der Waals surface area contributed by atoms with Crippen LogP contribution in [-0.2, 0) is 0 Å². The fourth-order valence-corrected chi connectivity index (χ4v) is 9.85. The molecule has 0 unspecified atom stereocenters. The molecule has 0 fully saturated rings. The van der Waals surface area contributed by atoms with Crippen molar-refractivity contribution in [2.45, 2.75) is 0 Å². The predicted molar refractivity (Wildman–Crippen MR) is 251 cm³/mol. The van der Waals surface area contributed by atoms with Crippen LogP contribution in [0.2, 0.25) is 0 Å². The first-order valence-electron chi connectivity index (χ1n) is 20.2. The van der Waals surface area contributed by atoms with Gasteiger partial charge in [-0.05, 0) is 132 Å². The van der Waals surface area contributed by atoms with Crippen LogP contribution in [0.25, 0.3) is 120 Å². The highest BCUT2D eigenvalue weighted by atomic mass is 14.2. The van der Waals surface area contributed by atoms with Gasteiger partial charge >= 0.3 is 0 Å². The first-order valence-corrected chi connectivity index (χ1v) is 20.2.